The summed E-state index contributed by atoms with van der Waals surface area (Å²) in [7, 11) is 0. The molecule has 1 aromatic heterocycles. The minimum atomic E-state index is 0.265. The average Bonchev–Trinajstić information content (AvgIpc) is 2.89. The van der Waals surface area contributed by atoms with E-state index in [1.807, 2.05) is 12.4 Å². The van der Waals surface area contributed by atoms with Crippen molar-refractivity contribution >= 4 is 15.9 Å². The van der Waals surface area contributed by atoms with Crippen molar-refractivity contribution in [2.24, 2.45) is 0 Å². The molecule has 1 atom stereocenters. The molecule has 1 heterocycles. The quantitative estimate of drug-likeness (QED) is 0.881. The van der Waals surface area contributed by atoms with E-state index in [1.165, 1.54) is 5.56 Å². The molecule has 2 rings (SSSR count). The van der Waals surface area contributed by atoms with Gasteiger partial charge >= 0.3 is 0 Å². The average molecular weight is 322 g/mol. The van der Waals surface area contributed by atoms with Gasteiger partial charge in [-0.3, -0.25) is 0 Å². The Kier molecular flexibility index (Phi) is 5.16. The predicted molar refractivity (Wildman–Crippen MR) is 82.2 cm³/mol. The second-order valence-electron chi connectivity index (χ2n) is 4.51. The molecule has 1 aromatic carbocycles. The Morgan fingerprint density at radius 2 is 2.00 bits per heavy atom. The van der Waals surface area contributed by atoms with E-state index in [0.717, 1.165) is 29.8 Å². The second kappa shape index (κ2) is 6.87. The highest BCUT2D eigenvalue weighted by Crippen LogP contribution is 2.19. The number of nitrogens with zero attached hydrogens (tertiary/aromatic N) is 2. The van der Waals surface area contributed by atoms with E-state index in [2.05, 4.69) is 68.9 Å². The Morgan fingerprint density at radius 3 is 2.63 bits per heavy atom. The standard InChI is InChI=1S/C15H20BrN3/c1-3-17-14(15-18-9-10-19(15)4-2)11-12-5-7-13(16)8-6-12/h5-10,14,17H,3-4,11H2,1-2H3. The molecule has 0 saturated carbocycles. The third-order valence-corrected chi connectivity index (χ3v) is 3.73. The predicted octanol–water partition coefficient (Wildman–Crippen LogP) is 3.56. The van der Waals surface area contributed by atoms with Crippen LogP contribution in [0.2, 0.25) is 0 Å². The first-order valence-electron chi connectivity index (χ1n) is 6.73. The smallest absolute Gasteiger partial charge is 0.126 e. The molecule has 1 unspecified atom stereocenters. The summed E-state index contributed by atoms with van der Waals surface area (Å²) in [4.78, 5) is 4.51. The molecule has 0 aliphatic heterocycles. The molecule has 0 aliphatic rings. The van der Waals surface area contributed by atoms with Crippen LogP contribution < -0.4 is 5.32 Å². The number of hydrogen-bond acceptors (Lipinski definition) is 2. The molecule has 0 bridgehead atoms. The molecule has 3 nitrogen and oxygen atoms in total. The third-order valence-electron chi connectivity index (χ3n) is 3.20. The van der Waals surface area contributed by atoms with Crippen LogP contribution in [0, 0.1) is 0 Å². The van der Waals surface area contributed by atoms with Crippen molar-refractivity contribution in [2.45, 2.75) is 32.9 Å². The highest BCUT2D eigenvalue weighted by molar-refractivity contribution is 9.10. The van der Waals surface area contributed by atoms with Crippen LogP contribution in [0.1, 0.15) is 31.3 Å². The molecule has 4 heteroatoms. The topological polar surface area (TPSA) is 29.9 Å². The molecule has 2 aromatic rings. The summed E-state index contributed by atoms with van der Waals surface area (Å²) in [5, 5.41) is 3.53. The van der Waals surface area contributed by atoms with E-state index in [0.29, 0.717) is 0 Å². The normalized spacial score (nSPS) is 12.6. The number of nitrogens with one attached hydrogen (secondary N) is 1. The molecule has 0 amide bonds. The Morgan fingerprint density at radius 1 is 1.26 bits per heavy atom. The number of benzene rings is 1. The number of rotatable bonds is 6. The molecule has 1 N–H and O–H groups in total. The Balaban J connectivity index is 2.18. The van der Waals surface area contributed by atoms with Crippen LogP contribution in [0.4, 0.5) is 0 Å². The number of hydrogen-bond donors (Lipinski definition) is 1. The van der Waals surface area contributed by atoms with E-state index in [9.17, 15) is 0 Å². The van der Waals surface area contributed by atoms with Crippen LogP contribution in [-0.2, 0) is 13.0 Å². The first-order chi connectivity index (χ1) is 9.24. The maximum absolute atomic E-state index is 4.51. The molecule has 102 valence electrons. The van der Waals surface area contributed by atoms with Crippen molar-refractivity contribution in [3.8, 4) is 0 Å². The van der Waals surface area contributed by atoms with Gasteiger partial charge in [-0.2, -0.15) is 0 Å². The minimum Gasteiger partial charge on any atom is -0.334 e. The Bertz CT molecular complexity index is 504. The molecule has 0 saturated heterocycles. The number of aromatic nitrogens is 2. The van der Waals surface area contributed by atoms with Gasteiger partial charge in [-0.1, -0.05) is 35.0 Å². The van der Waals surface area contributed by atoms with Gasteiger partial charge in [0.15, 0.2) is 0 Å². The van der Waals surface area contributed by atoms with Gasteiger partial charge in [-0.25, -0.2) is 4.98 Å². The van der Waals surface area contributed by atoms with E-state index < -0.39 is 0 Å². The molecule has 0 fully saturated rings. The summed E-state index contributed by atoms with van der Waals surface area (Å²) >= 11 is 3.47. The summed E-state index contributed by atoms with van der Waals surface area (Å²) in [6.45, 7) is 6.18. The van der Waals surface area contributed by atoms with Crippen LogP contribution in [-0.4, -0.2) is 16.1 Å². The highest BCUT2D eigenvalue weighted by atomic mass is 79.9. The number of halogens is 1. The first-order valence-corrected chi connectivity index (χ1v) is 7.52. The van der Waals surface area contributed by atoms with Crippen LogP contribution in [0.3, 0.4) is 0 Å². The van der Waals surface area contributed by atoms with Crippen LogP contribution in [0.25, 0.3) is 0 Å². The zero-order valence-corrected chi connectivity index (χ0v) is 13.0. The van der Waals surface area contributed by atoms with Gasteiger partial charge in [0.1, 0.15) is 5.82 Å². The zero-order chi connectivity index (χ0) is 13.7. The lowest BCUT2D eigenvalue weighted by molar-refractivity contribution is 0.495. The first kappa shape index (κ1) is 14.3. The van der Waals surface area contributed by atoms with Gasteiger partial charge in [0, 0.05) is 23.4 Å². The van der Waals surface area contributed by atoms with Crippen molar-refractivity contribution in [1.29, 1.82) is 0 Å². The van der Waals surface area contributed by atoms with Crippen molar-refractivity contribution in [3.63, 3.8) is 0 Å². The summed E-state index contributed by atoms with van der Waals surface area (Å²) in [6, 6.07) is 8.76. The summed E-state index contributed by atoms with van der Waals surface area (Å²) in [6.07, 6.45) is 4.88. The lowest BCUT2D eigenvalue weighted by atomic mass is 10.1. The fraction of sp³-hybridized carbons (Fsp3) is 0.400. The number of imidazole rings is 1. The molecule has 0 spiro atoms. The summed E-state index contributed by atoms with van der Waals surface area (Å²) < 4.78 is 3.32. The lowest BCUT2D eigenvalue weighted by Crippen LogP contribution is -2.26. The van der Waals surface area contributed by atoms with Gasteiger partial charge in [-0.15, -0.1) is 0 Å². The zero-order valence-electron chi connectivity index (χ0n) is 11.4. The Hall–Kier alpha value is -1.13. The molecule has 0 aliphatic carbocycles. The molecule has 19 heavy (non-hydrogen) atoms. The second-order valence-corrected chi connectivity index (χ2v) is 5.43. The number of likely N-dealkylation sites (N-methyl/N-ethyl adjacent to an activating group) is 1. The van der Waals surface area contributed by atoms with Crippen LogP contribution in [0.15, 0.2) is 41.1 Å². The SMILES string of the molecule is CCNC(Cc1ccc(Br)cc1)c1nccn1CC. The van der Waals surface area contributed by atoms with E-state index in [-0.39, 0.29) is 6.04 Å². The largest absolute Gasteiger partial charge is 0.334 e. The van der Waals surface area contributed by atoms with Gasteiger partial charge < -0.3 is 9.88 Å². The molecular formula is C15H20BrN3. The summed E-state index contributed by atoms with van der Waals surface area (Å²) in [5.41, 5.74) is 1.32. The van der Waals surface area contributed by atoms with Crippen molar-refractivity contribution in [1.82, 2.24) is 14.9 Å². The molecule has 0 radical (unpaired) electrons. The van der Waals surface area contributed by atoms with E-state index >= 15 is 0 Å². The van der Waals surface area contributed by atoms with Gasteiger partial charge in [-0.05, 0) is 37.6 Å². The Labute approximate surface area is 123 Å². The summed E-state index contributed by atoms with van der Waals surface area (Å²) in [5.74, 6) is 1.12. The van der Waals surface area contributed by atoms with E-state index in [4.69, 9.17) is 0 Å². The molecular weight excluding hydrogens is 302 g/mol. The third kappa shape index (κ3) is 3.67. The fourth-order valence-corrected chi connectivity index (χ4v) is 2.52. The maximum atomic E-state index is 4.51. The van der Waals surface area contributed by atoms with Gasteiger partial charge in [0.25, 0.3) is 0 Å². The fourth-order valence-electron chi connectivity index (χ4n) is 2.26. The highest BCUT2D eigenvalue weighted by Gasteiger charge is 2.16. The van der Waals surface area contributed by atoms with Gasteiger partial charge in [0.05, 0.1) is 6.04 Å². The van der Waals surface area contributed by atoms with Crippen molar-refractivity contribution < 1.29 is 0 Å². The van der Waals surface area contributed by atoms with Gasteiger partial charge in [0.2, 0.25) is 0 Å². The lowest BCUT2D eigenvalue weighted by Gasteiger charge is -2.18. The maximum Gasteiger partial charge on any atom is 0.126 e. The van der Waals surface area contributed by atoms with E-state index in [1.54, 1.807) is 0 Å². The minimum absolute atomic E-state index is 0.265. The van der Waals surface area contributed by atoms with Crippen LogP contribution >= 0.6 is 15.9 Å². The monoisotopic (exact) mass is 321 g/mol. The van der Waals surface area contributed by atoms with Crippen molar-refractivity contribution in [3.05, 3.63) is 52.5 Å². The van der Waals surface area contributed by atoms with Crippen LogP contribution in [0.5, 0.6) is 0 Å². The number of aryl methyl sites for hydroxylation is 1. The van der Waals surface area contributed by atoms with Crippen molar-refractivity contribution in [2.75, 3.05) is 6.54 Å².